The van der Waals surface area contributed by atoms with Crippen molar-refractivity contribution in [1.29, 1.82) is 0 Å². The van der Waals surface area contributed by atoms with Gasteiger partial charge in [0.15, 0.2) is 0 Å². The second-order valence-electron chi connectivity index (χ2n) is 3.85. The number of ether oxygens (including phenoxy) is 1. The fourth-order valence-corrected chi connectivity index (χ4v) is 1.61. The second-order valence-corrected chi connectivity index (χ2v) is 3.85. The molecule has 0 aliphatic heterocycles. The summed E-state index contributed by atoms with van der Waals surface area (Å²) in [4.78, 5) is 15.5. The van der Waals surface area contributed by atoms with E-state index in [1.807, 2.05) is 6.20 Å². The Labute approximate surface area is 105 Å². The van der Waals surface area contributed by atoms with Gasteiger partial charge in [-0.1, -0.05) is 13.8 Å². The van der Waals surface area contributed by atoms with E-state index in [2.05, 4.69) is 35.3 Å². The van der Waals surface area contributed by atoms with Gasteiger partial charge in [-0.05, 0) is 33.0 Å². The van der Waals surface area contributed by atoms with E-state index in [0.29, 0.717) is 0 Å². The predicted molar refractivity (Wildman–Crippen MR) is 70.8 cm³/mol. The van der Waals surface area contributed by atoms with Crippen LogP contribution in [-0.2, 0) is 9.53 Å². The Morgan fingerprint density at radius 2 is 1.76 bits per heavy atom. The highest BCUT2D eigenvalue weighted by molar-refractivity contribution is 5.81. The van der Waals surface area contributed by atoms with E-state index in [4.69, 9.17) is 0 Å². The van der Waals surface area contributed by atoms with Crippen molar-refractivity contribution >= 4 is 5.97 Å². The van der Waals surface area contributed by atoms with Crippen LogP contribution in [0.15, 0.2) is 12.3 Å². The third-order valence-corrected chi connectivity index (χ3v) is 2.84. The SMILES string of the molecule is CCN(/C=C/C(=O)OC)CCCN(CC)CC. The second kappa shape index (κ2) is 10.1. The van der Waals surface area contributed by atoms with E-state index in [0.717, 1.165) is 39.1 Å². The molecule has 0 fully saturated rings. The molecule has 0 atom stereocenters. The van der Waals surface area contributed by atoms with Crippen LogP contribution in [0.4, 0.5) is 0 Å². The van der Waals surface area contributed by atoms with Crippen molar-refractivity contribution in [3.8, 4) is 0 Å². The van der Waals surface area contributed by atoms with E-state index >= 15 is 0 Å². The van der Waals surface area contributed by atoms with Gasteiger partial charge < -0.3 is 14.5 Å². The average Bonchev–Trinajstić information content (AvgIpc) is 2.37. The Bertz CT molecular complexity index is 225. The summed E-state index contributed by atoms with van der Waals surface area (Å²) in [6.07, 6.45) is 4.40. The molecule has 0 spiro atoms. The fraction of sp³-hybridized carbons (Fsp3) is 0.769. The van der Waals surface area contributed by atoms with Gasteiger partial charge >= 0.3 is 5.97 Å². The van der Waals surface area contributed by atoms with Gasteiger partial charge in [0, 0.05) is 25.4 Å². The molecule has 0 aromatic carbocycles. The molecule has 0 bridgehead atoms. The zero-order chi connectivity index (χ0) is 13.1. The summed E-state index contributed by atoms with van der Waals surface area (Å²) in [5, 5.41) is 0. The fourth-order valence-electron chi connectivity index (χ4n) is 1.61. The number of rotatable bonds is 9. The molecule has 0 heterocycles. The van der Waals surface area contributed by atoms with Gasteiger partial charge in [0.1, 0.15) is 0 Å². The normalized spacial score (nSPS) is 11.1. The summed E-state index contributed by atoms with van der Waals surface area (Å²) in [5.74, 6) is -0.299. The minimum Gasteiger partial charge on any atom is -0.466 e. The van der Waals surface area contributed by atoms with Crippen molar-refractivity contribution in [3.63, 3.8) is 0 Å². The van der Waals surface area contributed by atoms with Crippen molar-refractivity contribution in [3.05, 3.63) is 12.3 Å². The van der Waals surface area contributed by atoms with E-state index in [-0.39, 0.29) is 5.97 Å². The summed E-state index contributed by atoms with van der Waals surface area (Å²) in [5.41, 5.74) is 0. The highest BCUT2D eigenvalue weighted by Gasteiger charge is 2.01. The average molecular weight is 242 g/mol. The lowest BCUT2D eigenvalue weighted by molar-refractivity contribution is -0.134. The predicted octanol–water partition coefficient (Wildman–Crippen LogP) is 1.73. The lowest BCUT2D eigenvalue weighted by atomic mass is 10.3. The maximum atomic E-state index is 11.0. The first kappa shape index (κ1) is 16.0. The Morgan fingerprint density at radius 1 is 1.12 bits per heavy atom. The number of methoxy groups -OCH3 is 1. The van der Waals surface area contributed by atoms with Gasteiger partial charge in [0.2, 0.25) is 0 Å². The Balaban J connectivity index is 3.89. The number of esters is 1. The highest BCUT2D eigenvalue weighted by atomic mass is 16.5. The van der Waals surface area contributed by atoms with Gasteiger partial charge in [-0.2, -0.15) is 0 Å². The lowest BCUT2D eigenvalue weighted by Gasteiger charge is -2.22. The van der Waals surface area contributed by atoms with Crippen molar-refractivity contribution in [2.45, 2.75) is 27.2 Å². The minimum absolute atomic E-state index is 0.299. The lowest BCUT2D eigenvalue weighted by Crippen LogP contribution is -2.27. The molecule has 0 aromatic rings. The first-order chi connectivity index (χ1) is 8.17. The number of hydrogen-bond donors (Lipinski definition) is 0. The summed E-state index contributed by atoms with van der Waals surface area (Å²) >= 11 is 0. The number of nitrogens with zero attached hydrogens (tertiary/aromatic N) is 2. The monoisotopic (exact) mass is 242 g/mol. The largest absolute Gasteiger partial charge is 0.466 e. The van der Waals surface area contributed by atoms with Gasteiger partial charge in [-0.15, -0.1) is 0 Å². The van der Waals surface area contributed by atoms with Gasteiger partial charge in [0.25, 0.3) is 0 Å². The topological polar surface area (TPSA) is 32.8 Å². The molecule has 0 aliphatic rings. The molecule has 0 aromatic heterocycles. The standard InChI is InChI=1S/C13H26N2O2/c1-5-14(6-2)10-8-11-15(7-3)12-9-13(16)17-4/h9,12H,5-8,10-11H2,1-4H3/b12-9+. The van der Waals surface area contributed by atoms with Crippen LogP contribution in [0.5, 0.6) is 0 Å². The van der Waals surface area contributed by atoms with E-state index in [1.54, 1.807) is 0 Å². The first-order valence-electron chi connectivity index (χ1n) is 6.40. The molecule has 0 radical (unpaired) electrons. The molecule has 0 aliphatic carbocycles. The van der Waals surface area contributed by atoms with Crippen molar-refractivity contribution in [2.75, 3.05) is 39.8 Å². The molecular formula is C13H26N2O2. The minimum atomic E-state index is -0.299. The molecule has 0 amide bonds. The summed E-state index contributed by atoms with van der Waals surface area (Å²) in [6.45, 7) is 11.6. The molecule has 17 heavy (non-hydrogen) atoms. The molecule has 0 unspecified atom stereocenters. The number of hydrogen-bond acceptors (Lipinski definition) is 4. The van der Waals surface area contributed by atoms with Gasteiger partial charge in [-0.3, -0.25) is 0 Å². The van der Waals surface area contributed by atoms with Crippen molar-refractivity contribution in [2.24, 2.45) is 0 Å². The molecule has 100 valence electrons. The van der Waals surface area contributed by atoms with Crippen LogP contribution in [0.2, 0.25) is 0 Å². The number of carbonyl (C=O) groups is 1. The molecular weight excluding hydrogens is 216 g/mol. The van der Waals surface area contributed by atoms with Gasteiger partial charge in [0.05, 0.1) is 7.11 Å². The zero-order valence-corrected chi connectivity index (χ0v) is 11.6. The summed E-state index contributed by atoms with van der Waals surface area (Å²) < 4.78 is 4.56. The quantitative estimate of drug-likeness (QED) is 0.455. The van der Waals surface area contributed by atoms with Crippen LogP contribution >= 0.6 is 0 Å². The third kappa shape index (κ3) is 7.80. The third-order valence-electron chi connectivity index (χ3n) is 2.84. The van der Waals surface area contributed by atoms with Crippen LogP contribution in [0.3, 0.4) is 0 Å². The highest BCUT2D eigenvalue weighted by Crippen LogP contribution is 1.96. The zero-order valence-electron chi connectivity index (χ0n) is 11.6. The first-order valence-corrected chi connectivity index (χ1v) is 6.40. The van der Waals surface area contributed by atoms with Crippen LogP contribution < -0.4 is 0 Å². The van der Waals surface area contributed by atoms with Crippen LogP contribution in [0, 0.1) is 0 Å². The van der Waals surface area contributed by atoms with Crippen molar-refractivity contribution in [1.82, 2.24) is 9.80 Å². The van der Waals surface area contributed by atoms with Crippen LogP contribution in [0.1, 0.15) is 27.2 Å². The Morgan fingerprint density at radius 3 is 2.24 bits per heavy atom. The van der Waals surface area contributed by atoms with Crippen LogP contribution in [-0.4, -0.2) is 55.6 Å². The molecule has 4 heteroatoms. The molecule has 0 saturated carbocycles. The summed E-state index contributed by atoms with van der Waals surface area (Å²) in [6, 6.07) is 0. The Hall–Kier alpha value is -1.03. The van der Waals surface area contributed by atoms with E-state index in [9.17, 15) is 4.79 Å². The molecule has 4 nitrogen and oxygen atoms in total. The summed E-state index contributed by atoms with van der Waals surface area (Å²) in [7, 11) is 1.39. The van der Waals surface area contributed by atoms with Crippen molar-refractivity contribution < 1.29 is 9.53 Å². The molecule has 0 N–H and O–H groups in total. The van der Waals surface area contributed by atoms with Crippen LogP contribution in [0.25, 0.3) is 0 Å². The molecule has 0 rings (SSSR count). The maximum absolute atomic E-state index is 11.0. The number of carbonyl (C=O) groups excluding carboxylic acids is 1. The van der Waals surface area contributed by atoms with E-state index < -0.39 is 0 Å². The van der Waals surface area contributed by atoms with E-state index in [1.165, 1.54) is 13.2 Å². The smallest absolute Gasteiger partial charge is 0.331 e. The molecule has 0 saturated heterocycles. The Kier molecular flexibility index (Phi) is 9.53. The maximum Gasteiger partial charge on any atom is 0.331 e. The van der Waals surface area contributed by atoms with Gasteiger partial charge in [-0.25, -0.2) is 4.79 Å².